The number of aromatic nitrogens is 2. The number of nitrogens with zero attached hydrogens (tertiary/aromatic N) is 2. The predicted octanol–water partition coefficient (Wildman–Crippen LogP) is 4.15. The second-order valence-corrected chi connectivity index (χ2v) is 5.82. The summed E-state index contributed by atoms with van der Waals surface area (Å²) in [6.45, 7) is 3.14. The van der Waals surface area contributed by atoms with Gasteiger partial charge in [0.05, 0.1) is 0 Å². The summed E-state index contributed by atoms with van der Waals surface area (Å²) in [6, 6.07) is 13.3. The average Bonchev–Trinajstić information content (AvgIpc) is 3.06. The lowest BCUT2D eigenvalue weighted by molar-refractivity contribution is 0.0942. The van der Waals surface area contributed by atoms with E-state index in [-0.39, 0.29) is 5.91 Å². The van der Waals surface area contributed by atoms with Gasteiger partial charge in [0.2, 0.25) is 0 Å². The van der Waals surface area contributed by atoms with Crippen molar-refractivity contribution in [2.75, 3.05) is 0 Å². The third-order valence-electron chi connectivity index (χ3n) is 3.88. The van der Waals surface area contributed by atoms with E-state index in [0.29, 0.717) is 17.3 Å². The normalized spacial score (nSPS) is 10.6. The van der Waals surface area contributed by atoms with Crippen molar-refractivity contribution in [3.8, 4) is 11.1 Å². The lowest BCUT2D eigenvalue weighted by Gasteiger charge is -2.08. The van der Waals surface area contributed by atoms with Crippen molar-refractivity contribution >= 4 is 17.5 Å². The van der Waals surface area contributed by atoms with Crippen LogP contribution in [-0.4, -0.2) is 15.5 Å². The van der Waals surface area contributed by atoms with Gasteiger partial charge in [0.1, 0.15) is 5.69 Å². The van der Waals surface area contributed by atoms with Crippen LogP contribution in [0.1, 0.15) is 23.0 Å². The molecule has 0 spiro atoms. The molecule has 0 aliphatic heterocycles. The highest BCUT2D eigenvalue weighted by Crippen LogP contribution is 2.22. The maximum atomic E-state index is 12.6. The van der Waals surface area contributed by atoms with Crippen LogP contribution < -0.4 is 5.32 Å². The monoisotopic (exact) mass is 339 g/mol. The van der Waals surface area contributed by atoms with Gasteiger partial charge in [-0.2, -0.15) is 0 Å². The second-order valence-electron chi connectivity index (χ2n) is 5.41. The van der Waals surface area contributed by atoms with Crippen LogP contribution in [0.3, 0.4) is 0 Å². The van der Waals surface area contributed by atoms with Crippen molar-refractivity contribution in [3.05, 3.63) is 77.3 Å². The number of hydrogen-bond acceptors (Lipinski definition) is 2. The first kappa shape index (κ1) is 16.3. The zero-order valence-electron chi connectivity index (χ0n) is 13.4. The molecule has 0 atom stereocenters. The predicted molar refractivity (Wildman–Crippen MR) is 96.0 cm³/mol. The largest absolute Gasteiger partial charge is 0.347 e. The zero-order valence-corrected chi connectivity index (χ0v) is 14.1. The summed E-state index contributed by atoms with van der Waals surface area (Å²) in [5, 5.41) is 3.59. The molecule has 0 saturated heterocycles. The van der Waals surface area contributed by atoms with Crippen molar-refractivity contribution in [1.82, 2.24) is 14.9 Å². The van der Waals surface area contributed by atoms with Gasteiger partial charge in [-0.1, -0.05) is 29.8 Å². The Hall–Kier alpha value is -2.59. The average molecular weight is 340 g/mol. The molecule has 24 heavy (non-hydrogen) atoms. The summed E-state index contributed by atoms with van der Waals surface area (Å²) >= 11 is 6.13. The van der Waals surface area contributed by atoms with Gasteiger partial charge < -0.3 is 9.88 Å². The van der Waals surface area contributed by atoms with Crippen LogP contribution in [0.25, 0.3) is 11.1 Å². The van der Waals surface area contributed by atoms with E-state index in [4.69, 9.17) is 11.6 Å². The Bertz CT molecular complexity index is 843. The molecule has 122 valence electrons. The van der Waals surface area contributed by atoms with Crippen LogP contribution >= 0.6 is 11.6 Å². The first-order chi connectivity index (χ1) is 11.7. The van der Waals surface area contributed by atoms with E-state index in [1.165, 1.54) is 0 Å². The van der Waals surface area contributed by atoms with Crippen molar-refractivity contribution in [2.24, 2.45) is 0 Å². The van der Waals surface area contributed by atoms with Crippen LogP contribution in [0.15, 0.2) is 61.1 Å². The van der Waals surface area contributed by atoms with E-state index in [2.05, 4.69) is 10.3 Å². The molecule has 0 aliphatic carbocycles. The standard InChI is InChI=1S/C19H18ClN3O/c1-2-23-13-16(14-7-9-21-10-8-14)11-18(23)19(24)22-12-15-5-3-4-6-17(15)20/h3-11,13H,2,12H2,1H3,(H,22,24). The Morgan fingerprint density at radius 1 is 1.17 bits per heavy atom. The molecule has 0 aliphatic rings. The molecule has 1 N–H and O–H groups in total. The second kappa shape index (κ2) is 7.32. The van der Waals surface area contributed by atoms with E-state index < -0.39 is 0 Å². The van der Waals surface area contributed by atoms with Crippen LogP contribution in [0, 0.1) is 0 Å². The highest BCUT2D eigenvalue weighted by atomic mass is 35.5. The number of halogens is 1. The van der Waals surface area contributed by atoms with Crippen LogP contribution in [0.5, 0.6) is 0 Å². The van der Waals surface area contributed by atoms with Gasteiger partial charge in [-0.25, -0.2) is 0 Å². The van der Waals surface area contributed by atoms with Gasteiger partial charge in [-0.15, -0.1) is 0 Å². The molecule has 5 heteroatoms. The molecule has 3 aromatic rings. The van der Waals surface area contributed by atoms with Crippen LogP contribution in [-0.2, 0) is 13.1 Å². The molecule has 3 rings (SSSR count). The van der Waals surface area contributed by atoms with Crippen LogP contribution in [0.4, 0.5) is 0 Å². The third kappa shape index (κ3) is 3.49. The van der Waals surface area contributed by atoms with Gasteiger partial charge in [0.15, 0.2) is 0 Å². The van der Waals surface area contributed by atoms with E-state index in [0.717, 1.165) is 23.2 Å². The molecule has 0 unspecified atom stereocenters. The maximum absolute atomic E-state index is 12.6. The van der Waals surface area contributed by atoms with Gasteiger partial charge >= 0.3 is 0 Å². The molecule has 0 fully saturated rings. The number of hydrogen-bond donors (Lipinski definition) is 1. The zero-order chi connectivity index (χ0) is 16.9. The summed E-state index contributed by atoms with van der Waals surface area (Å²) in [4.78, 5) is 16.6. The minimum Gasteiger partial charge on any atom is -0.347 e. The Morgan fingerprint density at radius 2 is 1.92 bits per heavy atom. The molecule has 2 aromatic heterocycles. The van der Waals surface area contributed by atoms with E-state index >= 15 is 0 Å². The number of carbonyl (C=O) groups excluding carboxylic acids is 1. The van der Waals surface area contributed by atoms with E-state index in [1.807, 2.05) is 60.2 Å². The summed E-state index contributed by atoms with van der Waals surface area (Å²) in [5.41, 5.74) is 3.58. The number of benzene rings is 1. The van der Waals surface area contributed by atoms with Gasteiger partial charge in [-0.05, 0) is 42.3 Å². The number of carbonyl (C=O) groups is 1. The Balaban J connectivity index is 1.79. The van der Waals surface area contributed by atoms with E-state index in [9.17, 15) is 4.79 Å². The van der Waals surface area contributed by atoms with Gasteiger partial charge in [0.25, 0.3) is 5.91 Å². The SMILES string of the molecule is CCn1cc(-c2ccncc2)cc1C(=O)NCc1ccccc1Cl. The Labute approximate surface area is 146 Å². The van der Waals surface area contributed by atoms with E-state index in [1.54, 1.807) is 12.4 Å². The number of rotatable bonds is 5. The molecular formula is C19H18ClN3O. The quantitative estimate of drug-likeness (QED) is 0.759. The lowest BCUT2D eigenvalue weighted by atomic mass is 10.1. The molecule has 2 heterocycles. The Kier molecular flexibility index (Phi) is 4.96. The fraction of sp³-hybridized carbons (Fsp3) is 0.158. The van der Waals surface area contributed by atoms with Gasteiger partial charge in [0, 0.05) is 42.3 Å². The molecule has 0 saturated carbocycles. The highest BCUT2D eigenvalue weighted by Gasteiger charge is 2.14. The molecule has 4 nitrogen and oxygen atoms in total. The Morgan fingerprint density at radius 3 is 2.62 bits per heavy atom. The number of nitrogens with one attached hydrogen (secondary N) is 1. The lowest BCUT2D eigenvalue weighted by Crippen LogP contribution is -2.25. The number of pyridine rings is 1. The minimum absolute atomic E-state index is 0.114. The van der Waals surface area contributed by atoms with Crippen molar-refractivity contribution in [2.45, 2.75) is 20.0 Å². The highest BCUT2D eigenvalue weighted by molar-refractivity contribution is 6.31. The molecule has 1 amide bonds. The first-order valence-electron chi connectivity index (χ1n) is 7.81. The third-order valence-corrected chi connectivity index (χ3v) is 4.25. The topological polar surface area (TPSA) is 46.9 Å². The van der Waals surface area contributed by atoms with Crippen molar-refractivity contribution < 1.29 is 4.79 Å². The molecule has 0 radical (unpaired) electrons. The fourth-order valence-corrected chi connectivity index (χ4v) is 2.78. The number of aryl methyl sites for hydroxylation is 1. The van der Waals surface area contributed by atoms with Crippen molar-refractivity contribution in [3.63, 3.8) is 0 Å². The first-order valence-corrected chi connectivity index (χ1v) is 8.19. The summed E-state index contributed by atoms with van der Waals surface area (Å²) in [7, 11) is 0. The molecule has 0 bridgehead atoms. The molecular weight excluding hydrogens is 322 g/mol. The summed E-state index contributed by atoms with van der Waals surface area (Å²) < 4.78 is 1.94. The summed E-state index contributed by atoms with van der Waals surface area (Å²) in [6.07, 6.45) is 5.48. The molecule has 1 aromatic carbocycles. The number of amides is 1. The van der Waals surface area contributed by atoms with Gasteiger partial charge in [-0.3, -0.25) is 9.78 Å². The smallest absolute Gasteiger partial charge is 0.268 e. The minimum atomic E-state index is -0.114. The van der Waals surface area contributed by atoms with Crippen LogP contribution in [0.2, 0.25) is 5.02 Å². The summed E-state index contributed by atoms with van der Waals surface area (Å²) in [5.74, 6) is -0.114. The maximum Gasteiger partial charge on any atom is 0.268 e. The van der Waals surface area contributed by atoms with Crippen molar-refractivity contribution in [1.29, 1.82) is 0 Å². The fourth-order valence-electron chi connectivity index (χ4n) is 2.57.